The summed E-state index contributed by atoms with van der Waals surface area (Å²) >= 11 is 0. The van der Waals surface area contributed by atoms with E-state index in [0.717, 1.165) is 0 Å². The lowest BCUT2D eigenvalue weighted by Crippen LogP contribution is -2.27. The maximum absolute atomic E-state index is 13.5. The molecule has 116 valence electrons. The molecular weight excluding hydrogens is 307 g/mol. The molecule has 0 fully saturated rings. The fraction of sp³-hybridized carbons (Fsp3) is 0.133. The summed E-state index contributed by atoms with van der Waals surface area (Å²) < 4.78 is 35.9. The van der Waals surface area contributed by atoms with Gasteiger partial charge < -0.3 is 5.32 Å². The number of nitrogens with two attached hydrogens (primary N) is 1. The van der Waals surface area contributed by atoms with E-state index < -0.39 is 27.8 Å². The van der Waals surface area contributed by atoms with Gasteiger partial charge in [0.1, 0.15) is 5.82 Å². The number of hydrogen-bond donors (Lipinski definition) is 2. The minimum absolute atomic E-state index is 0.0103. The van der Waals surface area contributed by atoms with Gasteiger partial charge >= 0.3 is 0 Å². The van der Waals surface area contributed by atoms with E-state index in [0.29, 0.717) is 5.56 Å². The number of rotatable bonds is 4. The molecular formula is C15H15FN2O3S. The molecule has 1 amide bonds. The van der Waals surface area contributed by atoms with Crippen molar-refractivity contribution < 1.29 is 17.6 Å². The lowest BCUT2D eigenvalue weighted by molar-refractivity contribution is 0.0936. The van der Waals surface area contributed by atoms with Crippen LogP contribution in [0.5, 0.6) is 0 Å². The Morgan fingerprint density at radius 2 is 1.73 bits per heavy atom. The van der Waals surface area contributed by atoms with Gasteiger partial charge in [-0.05, 0) is 36.8 Å². The SMILES string of the molecule is C[C@@H](NC(=O)c1ccccc1F)c1ccc(S(N)(=O)=O)cc1. The normalized spacial score (nSPS) is 12.7. The summed E-state index contributed by atoms with van der Waals surface area (Å²) in [6.45, 7) is 1.71. The van der Waals surface area contributed by atoms with Gasteiger partial charge in [-0.25, -0.2) is 17.9 Å². The zero-order valence-electron chi connectivity index (χ0n) is 11.8. The van der Waals surface area contributed by atoms with E-state index in [2.05, 4.69) is 5.32 Å². The molecule has 0 aromatic heterocycles. The van der Waals surface area contributed by atoms with Crippen molar-refractivity contribution in [3.8, 4) is 0 Å². The largest absolute Gasteiger partial charge is 0.345 e. The average Bonchev–Trinajstić information content (AvgIpc) is 2.46. The molecule has 2 aromatic carbocycles. The quantitative estimate of drug-likeness (QED) is 0.902. The number of halogens is 1. The molecule has 0 aliphatic rings. The van der Waals surface area contributed by atoms with E-state index in [4.69, 9.17) is 5.14 Å². The van der Waals surface area contributed by atoms with Crippen LogP contribution in [-0.4, -0.2) is 14.3 Å². The first kappa shape index (κ1) is 16.1. The second kappa shape index (κ2) is 6.25. The fourth-order valence-electron chi connectivity index (χ4n) is 1.95. The van der Waals surface area contributed by atoms with Gasteiger partial charge in [0.15, 0.2) is 0 Å². The van der Waals surface area contributed by atoms with Crippen molar-refractivity contribution in [3.05, 3.63) is 65.5 Å². The molecule has 2 rings (SSSR count). The van der Waals surface area contributed by atoms with Crippen LogP contribution in [0.3, 0.4) is 0 Å². The van der Waals surface area contributed by atoms with E-state index >= 15 is 0 Å². The molecule has 3 N–H and O–H groups in total. The van der Waals surface area contributed by atoms with Gasteiger partial charge in [0.2, 0.25) is 10.0 Å². The molecule has 0 aliphatic heterocycles. The molecule has 2 aromatic rings. The van der Waals surface area contributed by atoms with Crippen LogP contribution in [0.2, 0.25) is 0 Å². The van der Waals surface area contributed by atoms with E-state index in [1.807, 2.05) is 0 Å². The van der Waals surface area contributed by atoms with Crippen molar-refractivity contribution in [3.63, 3.8) is 0 Å². The van der Waals surface area contributed by atoms with Crippen LogP contribution in [0, 0.1) is 5.82 Å². The van der Waals surface area contributed by atoms with Crippen molar-refractivity contribution in [2.24, 2.45) is 5.14 Å². The van der Waals surface area contributed by atoms with Gasteiger partial charge in [-0.3, -0.25) is 4.79 Å². The number of sulfonamides is 1. The van der Waals surface area contributed by atoms with Crippen LogP contribution in [0.4, 0.5) is 4.39 Å². The summed E-state index contributed by atoms with van der Waals surface area (Å²) in [5.41, 5.74) is 0.632. The summed E-state index contributed by atoms with van der Waals surface area (Å²) in [6, 6.07) is 11.1. The zero-order chi connectivity index (χ0) is 16.3. The first-order valence-electron chi connectivity index (χ1n) is 6.47. The van der Waals surface area contributed by atoms with Crippen molar-refractivity contribution >= 4 is 15.9 Å². The Bertz CT molecular complexity index is 789. The first-order valence-corrected chi connectivity index (χ1v) is 8.02. The first-order chi connectivity index (χ1) is 10.3. The predicted molar refractivity (Wildman–Crippen MR) is 80.1 cm³/mol. The summed E-state index contributed by atoms with van der Waals surface area (Å²) in [6.07, 6.45) is 0. The highest BCUT2D eigenvalue weighted by atomic mass is 32.2. The number of benzene rings is 2. The Balaban J connectivity index is 2.14. The molecule has 0 radical (unpaired) electrons. The Hall–Kier alpha value is -2.25. The minimum atomic E-state index is -3.75. The van der Waals surface area contributed by atoms with Gasteiger partial charge in [-0.1, -0.05) is 24.3 Å². The summed E-state index contributed by atoms with van der Waals surface area (Å²) in [4.78, 5) is 12.0. The fourth-order valence-corrected chi connectivity index (χ4v) is 2.46. The Kier molecular flexibility index (Phi) is 4.58. The lowest BCUT2D eigenvalue weighted by Gasteiger charge is -2.15. The molecule has 22 heavy (non-hydrogen) atoms. The smallest absolute Gasteiger partial charge is 0.254 e. The Morgan fingerprint density at radius 3 is 2.27 bits per heavy atom. The Labute approximate surface area is 128 Å². The molecule has 0 unspecified atom stereocenters. The van der Waals surface area contributed by atoms with Crippen LogP contribution in [-0.2, 0) is 10.0 Å². The van der Waals surface area contributed by atoms with Crippen LogP contribution in [0.25, 0.3) is 0 Å². The molecule has 0 saturated carbocycles. The number of primary sulfonamides is 1. The predicted octanol–water partition coefficient (Wildman–Crippen LogP) is 1.96. The highest BCUT2D eigenvalue weighted by Gasteiger charge is 2.15. The standard InChI is InChI=1S/C15H15FN2O3S/c1-10(11-6-8-12(9-7-11)22(17,20)21)18-15(19)13-4-2-3-5-14(13)16/h2-10H,1H3,(H,18,19)(H2,17,20,21)/t10-/m1/s1. The maximum Gasteiger partial charge on any atom is 0.254 e. The summed E-state index contributed by atoms with van der Waals surface area (Å²) in [5.74, 6) is -1.14. The topological polar surface area (TPSA) is 89.3 Å². The zero-order valence-corrected chi connectivity index (χ0v) is 12.6. The number of amides is 1. The maximum atomic E-state index is 13.5. The third-order valence-electron chi connectivity index (χ3n) is 3.17. The lowest BCUT2D eigenvalue weighted by atomic mass is 10.1. The van der Waals surface area contributed by atoms with Crippen LogP contribution in [0.1, 0.15) is 28.9 Å². The second-order valence-electron chi connectivity index (χ2n) is 4.79. The van der Waals surface area contributed by atoms with E-state index in [1.54, 1.807) is 25.1 Å². The molecule has 0 heterocycles. The van der Waals surface area contributed by atoms with E-state index in [9.17, 15) is 17.6 Å². The highest BCUT2D eigenvalue weighted by Crippen LogP contribution is 2.16. The van der Waals surface area contributed by atoms with Crippen molar-refractivity contribution in [2.45, 2.75) is 17.9 Å². The monoisotopic (exact) mass is 322 g/mol. The summed E-state index contributed by atoms with van der Waals surface area (Å²) in [7, 11) is -3.75. The number of carbonyl (C=O) groups excluding carboxylic acids is 1. The number of hydrogen-bond acceptors (Lipinski definition) is 3. The third kappa shape index (κ3) is 3.69. The van der Waals surface area contributed by atoms with Gasteiger partial charge in [-0.2, -0.15) is 0 Å². The Morgan fingerprint density at radius 1 is 1.14 bits per heavy atom. The van der Waals surface area contributed by atoms with E-state index in [1.165, 1.54) is 30.3 Å². The molecule has 1 atom stereocenters. The average molecular weight is 322 g/mol. The van der Waals surface area contributed by atoms with Crippen LogP contribution >= 0.6 is 0 Å². The number of carbonyl (C=O) groups is 1. The molecule has 0 aliphatic carbocycles. The van der Waals surface area contributed by atoms with Crippen molar-refractivity contribution in [1.29, 1.82) is 0 Å². The van der Waals surface area contributed by atoms with Gasteiger partial charge in [0.25, 0.3) is 5.91 Å². The third-order valence-corrected chi connectivity index (χ3v) is 4.10. The van der Waals surface area contributed by atoms with Crippen molar-refractivity contribution in [2.75, 3.05) is 0 Å². The summed E-state index contributed by atoms with van der Waals surface area (Å²) in [5, 5.41) is 7.67. The van der Waals surface area contributed by atoms with Crippen LogP contribution < -0.4 is 10.5 Å². The molecule has 0 saturated heterocycles. The van der Waals surface area contributed by atoms with Gasteiger partial charge in [0, 0.05) is 0 Å². The molecule has 0 spiro atoms. The van der Waals surface area contributed by atoms with Gasteiger partial charge in [-0.15, -0.1) is 0 Å². The number of nitrogens with one attached hydrogen (secondary N) is 1. The van der Waals surface area contributed by atoms with Crippen molar-refractivity contribution in [1.82, 2.24) is 5.32 Å². The second-order valence-corrected chi connectivity index (χ2v) is 6.35. The molecule has 0 bridgehead atoms. The van der Waals surface area contributed by atoms with Crippen LogP contribution in [0.15, 0.2) is 53.4 Å². The van der Waals surface area contributed by atoms with E-state index in [-0.39, 0.29) is 10.5 Å². The molecule has 5 nitrogen and oxygen atoms in total. The molecule has 7 heteroatoms. The highest BCUT2D eigenvalue weighted by molar-refractivity contribution is 7.89. The minimum Gasteiger partial charge on any atom is -0.345 e. The van der Waals surface area contributed by atoms with Gasteiger partial charge in [0.05, 0.1) is 16.5 Å².